The highest BCUT2D eigenvalue weighted by Gasteiger charge is 2.77. The third kappa shape index (κ3) is 2.79. The van der Waals surface area contributed by atoms with Gasteiger partial charge in [-0.15, -0.1) is 0 Å². The van der Waals surface area contributed by atoms with Gasteiger partial charge in [-0.25, -0.2) is 0 Å². The van der Waals surface area contributed by atoms with Crippen LogP contribution in [0.4, 0.5) is 0 Å². The Morgan fingerprint density at radius 3 is 2.45 bits per heavy atom. The molecule has 0 aromatic carbocycles. The number of phosphoric acid groups is 1. The van der Waals surface area contributed by atoms with Crippen molar-refractivity contribution in [3.63, 3.8) is 0 Å². The van der Waals surface area contributed by atoms with E-state index in [0.717, 1.165) is 6.42 Å². The van der Waals surface area contributed by atoms with Gasteiger partial charge in [-0.3, -0.25) is 4.57 Å². The molecule has 3 rings (SSSR count). The zero-order chi connectivity index (χ0) is 16.3. The second-order valence-electron chi connectivity index (χ2n) is 7.52. The first-order chi connectivity index (χ1) is 10.1. The maximum Gasteiger partial charge on any atom is 0.268 e. The Labute approximate surface area is 132 Å². The molecule has 7 heteroatoms. The van der Waals surface area contributed by atoms with Crippen LogP contribution in [0.3, 0.4) is 0 Å². The van der Waals surface area contributed by atoms with Crippen molar-refractivity contribution in [3.05, 3.63) is 0 Å². The van der Waals surface area contributed by atoms with Gasteiger partial charge >= 0.3 is 0 Å². The van der Waals surface area contributed by atoms with Gasteiger partial charge in [0.1, 0.15) is 17.3 Å². The van der Waals surface area contributed by atoms with E-state index in [9.17, 15) is 9.46 Å². The summed E-state index contributed by atoms with van der Waals surface area (Å²) in [6.07, 6.45) is 1.40. The SMILES string of the molecule is CC(C)O[C@]12CC1CC1(OP(=O)([O-])OC(C)C)C[C@H](C)OC12. The third-order valence-electron chi connectivity index (χ3n) is 4.70. The molecule has 0 amide bonds. The van der Waals surface area contributed by atoms with E-state index < -0.39 is 19.5 Å². The van der Waals surface area contributed by atoms with Crippen LogP contribution in [0.15, 0.2) is 0 Å². The molecule has 0 aromatic rings. The molecule has 0 spiro atoms. The molecule has 3 fully saturated rings. The molecule has 0 bridgehead atoms. The minimum absolute atomic E-state index is 0.0433. The lowest BCUT2D eigenvalue weighted by Crippen LogP contribution is -2.46. The molecule has 1 saturated heterocycles. The van der Waals surface area contributed by atoms with Crippen LogP contribution in [0.2, 0.25) is 0 Å². The number of phosphoric ester groups is 1. The second-order valence-corrected chi connectivity index (χ2v) is 8.80. The first kappa shape index (κ1) is 16.9. The van der Waals surface area contributed by atoms with Crippen molar-refractivity contribution < 1.29 is 28.0 Å². The van der Waals surface area contributed by atoms with E-state index in [2.05, 4.69) is 0 Å². The van der Waals surface area contributed by atoms with E-state index >= 15 is 0 Å². The van der Waals surface area contributed by atoms with Crippen LogP contribution in [0.5, 0.6) is 0 Å². The van der Waals surface area contributed by atoms with Gasteiger partial charge in [0.05, 0.1) is 18.3 Å². The Balaban J connectivity index is 1.82. The average molecular weight is 333 g/mol. The summed E-state index contributed by atoms with van der Waals surface area (Å²) in [5.74, 6) is 0.312. The molecule has 22 heavy (non-hydrogen) atoms. The summed E-state index contributed by atoms with van der Waals surface area (Å²) in [5, 5.41) is 0. The van der Waals surface area contributed by atoms with Crippen molar-refractivity contribution >= 4 is 7.82 Å². The third-order valence-corrected chi connectivity index (χ3v) is 5.97. The maximum atomic E-state index is 12.2. The molecule has 1 aliphatic heterocycles. The van der Waals surface area contributed by atoms with Crippen molar-refractivity contribution in [1.29, 1.82) is 0 Å². The molecular formula is C15H26O6P-. The molecule has 0 N–H and O–H groups in total. The minimum Gasteiger partial charge on any atom is -0.756 e. The minimum atomic E-state index is -4.36. The van der Waals surface area contributed by atoms with Crippen LogP contribution in [-0.4, -0.2) is 35.6 Å². The van der Waals surface area contributed by atoms with Gasteiger partial charge in [-0.1, -0.05) is 0 Å². The Morgan fingerprint density at radius 2 is 1.86 bits per heavy atom. The summed E-state index contributed by atoms with van der Waals surface area (Å²) in [4.78, 5) is 12.2. The summed E-state index contributed by atoms with van der Waals surface area (Å²) >= 11 is 0. The predicted molar refractivity (Wildman–Crippen MR) is 78.3 cm³/mol. The Kier molecular flexibility index (Phi) is 4.04. The fourth-order valence-corrected chi connectivity index (χ4v) is 5.58. The number of hydrogen-bond donors (Lipinski definition) is 0. The molecule has 6 atom stereocenters. The van der Waals surface area contributed by atoms with Gasteiger partial charge in [-0.2, -0.15) is 0 Å². The first-order valence-electron chi connectivity index (χ1n) is 8.12. The highest BCUT2D eigenvalue weighted by Crippen LogP contribution is 2.69. The largest absolute Gasteiger partial charge is 0.756 e. The quantitative estimate of drug-likeness (QED) is 0.695. The summed E-state index contributed by atoms with van der Waals surface area (Å²) in [5.41, 5.74) is -1.21. The van der Waals surface area contributed by atoms with Crippen molar-refractivity contribution in [2.24, 2.45) is 5.92 Å². The lowest BCUT2D eigenvalue weighted by atomic mass is 9.91. The van der Waals surface area contributed by atoms with Crippen LogP contribution in [0.1, 0.15) is 53.9 Å². The van der Waals surface area contributed by atoms with Crippen LogP contribution in [0.25, 0.3) is 0 Å². The molecule has 128 valence electrons. The zero-order valence-electron chi connectivity index (χ0n) is 13.9. The van der Waals surface area contributed by atoms with E-state index in [0.29, 0.717) is 18.8 Å². The Hall–Kier alpha value is 0.0300. The molecular weight excluding hydrogens is 307 g/mol. The monoisotopic (exact) mass is 333 g/mol. The molecule has 3 aliphatic rings. The zero-order valence-corrected chi connectivity index (χ0v) is 14.8. The molecule has 2 aliphatic carbocycles. The van der Waals surface area contributed by atoms with Crippen molar-refractivity contribution in [3.8, 4) is 0 Å². The van der Waals surface area contributed by atoms with E-state index in [1.54, 1.807) is 13.8 Å². The van der Waals surface area contributed by atoms with Gasteiger partial charge < -0.3 is 23.4 Å². The van der Waals surface area contributed by atoms with Crippen molar-refractivity contribution in [1.82, 2.24) is 0 Å². The highest BCUT2D eigenvalue weighted by atomic mass is 31.2. The van der Waals surface area contributed by atoms with Crippen LogP contribution in [-0.2, 0) is 23.1 Å². The molecule has 6 nitrogen and oxygen atoms in total. The van der Waals surface area contributed by atoms with Gasteiger partial charge in [0.2, 0.25) is 0 Å². The molecule has 1 heterocycles. The van der Waals surface area contributed by atoms with Crippen LogP contribution in [0, 0.1) is 5.92 Å². The van der Waals surface area contributed by atoms with Gasteiger partial charge in [-0.05, 0) is 53.4 Å². The predicted octanol–water partition coefficient (Wildman–Crippen LogP) is 2.40. The maximum absolute atomic E-state index is 12.2. The number of rotatable bonds is 6. The summed E-state index contributed by atoms with van der Waals surface area (Å²) < 4.78 is 34.9. The Bertz CT molecular complexity index is 494. The van der Waals surface area contributed by atoms with Gasteiger partial charge in [0.25, 0.3) is 7.82 Å². The lowest BCUT2D eigenvalue weighted by molar-refractivity contribution is -0.244. The molecule has 2 saturated carbocycles. The van der Waals surface area contributed by atoms with E-state index in [4.69, 9.17) is 18.5 Å². The fraction of sp³-hybridized carbons (Fsp3) is 1.00. The number of hydrogen-bond acceptors (Lipinski definition) is 6. The number of ether oxygens (including phenoxy) is 2. The van der Waals surface area contributed by atoms with E-state index in [-0.39, 0.29) is 23.9 Å². The summed E-state index contributed by atoms with van der Waals surface area (Å²) in [6.45, 7) is 9.27. The molecule has 4 unspecified atom stereocenters. The summed E-state index contributed by atoms with van der Waals surface area (Å²) in [6, 6.07) is 0. The van der Waals surface area contributed by atoms with Crippen LogP contribution >= 0.6 is 7.82 Å². The fourth-order valence-electron chi connectivity index (χ4n) is 4.33. The first-order valence-corrected chi connectivity index (χ1v) is 9.58. The van der Waals surface area contributed by atoms with E-state index in [1.807, 2.05) is 20.8 Å². The van der Waals surface area contributed by atoms with Crippen LogP contribution < -0.4 is 4.89 Å². The smallest absolute Gasteiger partial charge is 0.268 e. The topological polar surface area (TPSA) is 77.1 Å². The average Bonchev–Trinajstić information content (AvgIpc) is 2.73. The second kappa shape index (κ2) is 5.27. The standard InChI is InChI=1S/C15H27O6P/c1-9(2)19-15-8-12(15)7-14(6-11(5)18-13(14)15)21-22(16,17)20-10(3)4/h9-13H,6-8H2,1-5H3,(H,16,17)/p-1/t11-,12?,13?,14?,15+/m0/s1. The molecule has 0 aromatic heterocycles. The highest BCUT2D eigenvalue weighted by molar-refractivity contribution is 7.45. The lowest BCUT2D eigenvalue weighted by Gasteiger charge is -2.38. The molecule has 0 radical (unpaired) electrons. The van der Waals surface area contributed by atoms with E-state index in [1.165, 1.54) is 0 Å². The Morgan fingerprint density at radius 1 is 1.18 bits per heavy atom. The van der Waals surface area contributed by atoms with Gasteiger partial charge in [0, 0.05) is 6.42 Å². The van der Waals surface area contributed by atoms with Crippen molar-refractivity contribution in [2.75, 3.05) is 0 Å². The van der Waals surface area contributed by atoms with Crippen molar-refractivity contribution in [2.45, 2.75) is 89.5 Å². The van der Waals surface area contributed by atoms with Gasteiger partial charge in [0.15, 0.2) is 0 Å². The number of fused-ring (bicyclic) bond motifs is 3. The summed E-state index contributed by atoms with van der Waals surface area (Å²) in [7, 11) is -4.36. The normalized spacial score (nSPS) is 45.9.